The number of rotatable bonds is 6. The predicted molar refractivity (Wildman–Crippen MR) is 109 cm³/mol. The van der Waals surface area contributed by atoms with Crippen LogP contribution in [0.25, 0.3) is 12.2 Å². The Balaban J connectivity index is 1.69. The summed E-state index contributed by atoms with van der Waals surface area (Å²) in [5.74, 6) is -0.101. The molecule has 0 saturated heterocycles. The van der Waals surface area contributed by atoms with Gasteiger partial charge in [0.15, 0.2) is 11.6 Å². The molecule has 4 nitrogen and oxygen atoms in total. The minimum absolute atomic E-state index is 0.113. The summed E-state index contributed by atoms with van der Waals surface area (Å²) < 4.78 is 0. The molecule has 3 aromatic carbocycles. The molecule has 0 aliphatic carbocycles. The van der Waals surface area contributed by atoms with E-state index in [1.807, 2.05) is 24.3 Å². The van der Waals surface area contributed by atoms with Gasteiger partial charge in [-0.2, -0.15) is 0 Å². The second-order valence-electron chi connectivity index (χ2n) is 6.16. The number of carbonyl (C=O) groups is 2. The summed E-state index contributed by atoms with van der Waals surface area (Å²) in [6, 6.07) is 19.6. The maximum atomic E-state index is 12.2. The Morgan fingerprint density at radius 1 is 0.607 bits per heavy atom. The van der Waals surface area contributed by atoms with Crippen LogP contribution in [0.4, 0.5) is 0 Å². The van der Waals surface area contributed by atoms with E-state index in [1.54, 1.807) is 36.4 Å². The fourth-order valence-corrected chi connectivity index (χ4v) is 2.55. The Hall–Kier alpha value is -3.92. The first-order valence-corrected chi connectivity index (χ1v) is 8.64. The van der Waals surface area contributed by atoms with Crippen LogP contribution in [0.1, 0.15) is 31.8 Å². The molecule has 0 saturated carbocycles. The van der Waals surface area contributed by atoms with Crippen molar-refractivity contribution in [3.8, 4) is 11.5 Å². The normalized spacial score (nSPS) is 11.1. The van der Waals surface area contributed by atoms with Crippen LogP contribution in [0.3, 0.4) is 0 Å². The topological polar surface area (TPSA) is 74.6 Å². The van der Waals surface area contributed by atoms with E-state index in [4.69, 9.17) is 0 Å². The maximum Gasteiger partial charge on any atom is 0.185 e. The number of hydrogen-bond donors (Lipinski definition) is 2. The van der Waals surface area contributed by atoms with Crippen molar-refractivity contribution in [3.63, 3.8) is 0 Å². The van der Waals surface area contributed by atoms with Crippen molar-refractivity contribution in [3.05, 3.63) is 107 Å². The van der Waals surface area contributed by atoms with Gasteiger partial charge in [0, 0.05) is 11.1 Å². The molecule has 3 rings (SSSR count). The second-order valence-corrected chi connectivity index (χ2v) is 6.16. The smallest absolute Gasteiger partial charge is 0.185 e. The molecule has 0 aliphatic heterocycles. The van der Waals surface area contributed by atoms with Gasteiger partial charge in [-0.25, -0.2) is 0 Å². The van der Waals surface area contributed by atoms with Crippen LogP contribution in [0.15, 0.2) is 84.9 Å². The monoisotopic (exact) mass is 370 g/mol. The van der Waals surface area contributed by atoms with Crippen molar-refractivity contribution >= 4 is 23.7 Å². The lowest BCUT2D eigenvalue weighted by Crippen LogP contribution is -1.93. The molecule has 28 heavy (non-hydrogen) atoms. The molecular formula is C24H18O4. The van der Waals surface area contributed by atoms with E-state index in [-0.39, 0.29) is 23.1 Å². The summed E-state index contributed by atoms with van der Waals surface area (Å²) in [4.78, 5) is 24.3. The Morgan fingerprint density at radius 3 is 1.39 bits per heavy atom. The number of hydrogen-bond acceptors (Lipinski definition) is 4. The van der Waals surface area contributed by atoms with Crippen LogP contribution in [0.2, 0.25) is 0 Å². The molecule has 0 atom stereocenters. The molecule has 0 heterocycles. The van der Waals surface area contributed by atoms with Gasteiger partial charge >= 0.3 is 0 Å². The summed E-state index contributed by atoms with van der Waals surface area (Å²) in [5, 5.41) is 18.6. The first-order valence-electron chi connectivity index (χ1n) is 8.64. The number of aromatic hydroxyl groups is 2. The molecule has 0 unspecified atom stereocenters. The highest BCUT2D eigenvalue weighted by molar-refractivity contribution is 6.07. The Kier molecular flexibility index (Phi) is 5.82. The molecule has 4 heteroatoms. The van der Waals surface area contributed by atoms with E-state index >= 15 is 0 Å². The third kappa shape index (κ3) is 5.05. The van der Waals surface area contributed by atoms with Gasteiger partial charge in [-0.15, -0.1) is 0 Å². The van der Waals surface area contributed by atoms with E-state index < -0.39 is 0 Å². The number of phenolic OH excluding ortho intramolecular Hbond substituents is 2. The average molecular weight is 370 g/mol. The van der Waals surface area contributed by atoms with Crippen LogP contribution < -0.4 is 0 Å². The lowest BCUT2D eigenvalue weighted by molar-refractivity contribution is 0.103. The Bertz CT molecular complexity index is 960. The number of allylic oxidation sites excluding steroid dienone is 2. The lowest BCUT2D eigenvalue weighted by atomic mass is 10.1. The third-order valence-electron chi connectivity index (χ3n) is 4.07. The van der Waals surface area contributed by atoms with Crippen molar-refractivity contribution < 1.29 is 19.8 Å². The van der Waals surface area contributed by atoms with Crippen molar-refractivity contribution in [2.75, 3.05) is 0 Å². The first-order chi connectivity index (χ1) is 13.5. The number of benzene rings is 3. The zero-order chi connectivity index (χ0) is 19.9. The third-order valence-corrected chi connectivity index (χ3v) is 4.07. The molecule has 138 valence electrons. The summed E-state index contributed by atoms with van der Waals surface area (Å²) in [5.41, 5.74) is 2.63. The minimum Gasteiger partial charge on any atom is -0.508 e. The fourth-order valence-electron chi connectivity index (χ4n) is 2.55. The molecule has 0 amide bonds. The van der Waals surface area contributed by atoms with E-state index in [0.717, 1.165) is 11.1 Å². The van der Waals surface area contributed by atoms with E-state index in [0.29, 0.717) is 11.1 Å². The predicted octanol–water partition coefficient (Wildman–Crippen LogP) is 4.89. The zero-order valence-corrected chi connectivity index (χ0v) is 14.9. The molecule has 0 radical (unpaired) electrons. The summed E-state index contributed by atoms with van der Waals surface area (Å²) in [7, 11) is 0. The van der Waals surface area contributed by atoms with Gasteiger partial charge < -0.3 is 10.2 Å². The SMILES string of the molecule is O=C(C=Cc1cccc(C=CC(=O)c2ccc(O)cc2)c1)c1ccc(O)cc1. The van der Waals surface area contributed by atoms with Crippen molar-refractivity contribution in [1.82, 2.24) is 0 Å². The zero-order valence-electron chi connectivity index (χ0n) is 14.9. The lowest BCUT2D eigenvalue weighted by Gasteiger charge is -1.99. The van der Waals surface area contributed by atoms with E-state index in [9.17, 15) is 19.8 Å². The fraction of sp³-hybridized carbons (Fsp3) is 0. The van der Waals surface area contributed by atoms with Gasteiger partial charge in [-0.3, -0.25) is 9.59 Å². The first kappa shape index (κ1) is 18.9. The summed E-state index contributed by atoms with van der Waals surface area (Å²) >= 11 is 0. The highest BCUT2D eigenvalue weighted by Crippen LogP contribution is 2.14. The van der Waals surface area contributed by atoms with Gasteiger partial charge in [0.2, 0.25) is 0 Å². The van der Waals surface area contributed by atoms with Crippen LogP contribution >= 0.6 is 0 Å². The molecule has 2 N–H and O–H groups in total. The highest BCUT2D eigenvalue weighted by Gasteiger charge is 2.03. The highest BCUT2D eigenvalue weighted by atomic mass is 16.3. The van der Waals surface area contributed by atoms with E-state index in [2.05, 4.69) is 0 Å². The van der Waals surface area contributed by atoms with Crippen molar-refractivity contribution in [1.29, 1.82) is 0 Å². The second kappa shape index (κ2) is 8.64. The minimum atomic E-state index is -0.163. The standard InChI is InChI=1S/C24H18O4/c25-21-10-6-19(7-11-21)23(27)14-4-17-2-1-3-18(16-17)5-15-24(28)20-8-12-22(26)13-9-20/h1-16,25-26H. The van der Waals surface area contributed by atoms with Gasteiger partial charge in [0.1, 0.15) is 11.5 Å². The van der Waals surface area contributed by atoms with Gasteiger partial charge in [-0.1, -0.05) is 30.4 Å². The number of carbonyl (C=O) groups excluding carboxylic acids is 2. The molecular weight excluding hydrogens is 352 g/mol. The van der Waals surface area contributed by atoms with E-state index in [1.165, 1.54) is 36.4 Å². The molecule has 0 fully saturated rings. The van der Waals surface area contributed by atoms with Gasteiger partial charge in [-0.05, 0) is 77.9 Å². The number of ketones is 2. The Morgan fingerprint density at radius 2 is 1.00 bits per heavy atom. The number of phenols is 2. The molecule has 0 bridgehead atoms. The molecule has 3 aromatic rings. The van der Waals surface area contributed by atoms with Crippen molar-refractivity contribution in [2.45, 2.75) is 0 Å². The van der Waals surface area contributed by atoms with Crippen LogP contribution in [-0.2, 0) is 0 Å². The summed E-state index contributed by atoms with van der Waals surface area (Å²) in [6.07, 6.45) is 6.34. The van der Waals surface area contributed by atoms with Crippen molar-refractivity contribution in [2.24, 2.45) is 0 Å². The van der Waals surface area contributed by atoms with Gasteiger partial charge in [0.25, 0.3) is 0 Å². The quantitative estimate of drug-likeness (QED) is 0.478. The largest absolute Gasteiger partial charge is 0.508 e. The molecule has 0 aliphatic rings. The summed E-state index contributed by atoms with van der Waals surface area (Å²) in [6.45, 7) is 0. The maximum absolute atomic E-state index is 12.2. The van der Waals surface area contributed by atoms with Crippen LogP contribution in [0.5, 0.6) is 11.5 Å². The molecule has 0 spiro atoms. The van der Waals surface area contributed by atoms with Crippen LogP contribution in [-0.4, -0.2) is 21.8 Å². The Labute approximate surface area is 162 Å². The van der Waals surface area contributed by atoms with Crippen LogP contribution in [0, 0.1) is 0 Å². The van der Waals surface area contributed by atoms with Gasteiger partial charge in [0.05, 0.1) is 0 Å². The average Bonchev–Trinajstić information content (AvgIpc) is 2.71. The molecule has 0 aromatic heterocycles.